The van der Waals surface area contributed by atoms with Gasteiger partial charge in [-0.1, -0.05) is 13.3 Å². The second-order valence-corrected chi connectivity index (χ2v) is 7.32. The Morgan fingerprint density at radius 3 is 2.50 bits per heavy atom. The van der Waals surface area contributed by atoms with Crippen molar-refractivity contribution in [2.75, 3.05) is 29.3 Å². The lowest BCUT2D eigenvalue weighted by molar-refractivity contribution is 0.595. The van der Waals surface area contributed by atoms with E-state index in [-0.39, 0.29) is 0 Å². The molecule has 0 radical (unpaired) electrons. The molecule has 0 rings (SSSR count). The van der Waals surface area contributed by atoms with Gasteiger partial charge >= 0.3 is 0 Å². The summed E-state index contributed by atoms with van der Waals surface area (Å²) < 4.78 is 21.7. The van der Waals surface area contributed by atoms with Crippen LogP contribution in [0.4, 0.5) is 0 Å². The molecule has 14 heavy (non-hydrogen) atoms. The average molecular weight is 256 g/mol. The van der Waals surface area contributed by atoms with Gasteiger partial charge in [-0.05, 0) is 23.8 Å². The highest BCUT2D eigenvalue weighted by molar-refractivity contribution is 8.00. The van der Waals surface area contributed by atoms with Crippen LogP contribution in [0.1, 0.15) is 19.8 Å². The van der Waals surface area contributed by atoms with Crippen LogP contribution in [0.25, 0.3) is 0 Å². The van der Waals surface area contributed by atoms with Crippen LogP contribution in [0.3, 0.4) is 0 Å². The Balaban J connectivity index is 3.52. The van der Waals surface area contributed by atoms with Crippen molar-refractivity contribution in [1.82, 2.24) is 0 Å². The third-order valence-electron chi connectivity index (χ3n) is 1.91. The van der Waals surface area contributed by atoms with Gasteiger partial charge in [0.2, 0.25) is 0 Å². The fourth-order valence-electron chi connectivity index (χ4n) is 1.10. The van der Waals surface area contributed by atoms with E-state index in [4.69, 9.17) is 0 Å². The van der Waals surface area contributed by atoms with E-state index >= 15 is 0 Å². The minimum absolute atomic E-state index is 0.295. The summed E-state index contributed by atoms with van der Waals surface area (Å²) in [6.45, 7) is 2.16. The normalized spacial score (nSPS) is 14.2. The van der Waals surface area contributed by atoms with Crippen LogP contribution in [0.2, 0.25) is 0 Å². The lowest BCUT2D eigenvalue weighted by atomic mass is 10.1. The van der Waals surface area contributed by atoms with Gasteiger partial charge in [0.25, 0.3) is 0 Å². The molecule has 0 amide bonds. The summed E-state index contributed by atoms with van der Waals surface area (Å²) in [5, 5.41) is 0. The molecule has 0 N–H and O–H groups in total. The number of hydrogen-bond donors (Lipinski definition) is 1. The van der Waals surface area contributed by atoms with Crippen molar-refractivity contribution < 1.29 is 8.42 Å². The van der Waals surface area contributed by atoms with Crippen molar-refractivity contribution in [1.29, 1.82) is 0 Å². The molecular weight excluding hydrogens is 236 g/mol. The summed E-state index contributed by atoms with van der Waals surface area (Å²) in [6, 6.07) is 0. The molecule has 0 aliphatic carbocycles. The number of rotatable bonds is 8. The average Bonchev–Trinajstić information content (AvgIpc) is 2.08. The maximum atomic E-state index is 10.8. The minimum Gasteiger partial charge on any atom is -0.229 e. The zero-order valence-corrected chi connectivity index (χ0v) is 11.4. The molecule has 0 aromatic carbocycles. The largest absolute Gasteiger partial charge is 0.229 e. The molecule has 0 saturated heterocycles. The molecule has 5 heteroatoms. The number of sulfone groups is 1. The number of hydrogen-bond acceptors (Lipinski definition) is 4. The fraction of sp³-hybridized carbons (Fsp3) is 1.00. The quantitative estimate of drug-likeness (QED) is 0.533. The highest BCUT2D eigenvalue weighted by Gasteiger charge is 2.07. The fourth-order valence-corrected chi connectivity index (χ4v) is 4.05. The van der Waals surface area contributed by atoms with Gasteiger partial charge in [-0.15, -0.1) is 0 Å². The summed E-state index contributed by atoms with van der Waals surface area (Å²) in [5.74, 6) is 3.58. The Morgan fingerprint density at radius 1 is 1.43 bits per heavy atom. The van der Waals surface area contributed by atoms with E-state index in [0.717, 1.165) is 11.5 Å². The molecule has 2 nitrogen and oxygen atoms in total. The smallest absolute Gasteiger partial charge is 0.148 e. The molecule has 0 heterocycles. The molecule has 0 aromatic rings. The van der Waals surface area contributed by atoms with Crippen molar-refractivity contribution >= 4 is 34.2 Å². The molecule has 1 atom stereocenters. The molecule has 0 aromatic heterocycles. The van der Waals surface area contributed by atoms with Gasteiger partial charge in [0.1, 0.15) is 9.84 Å². The monoisotopic (exact) mass is 256 g/mol. The Hall–Kier alpha value is 0.650. The van der Waals surface area contributed by atoms with Crippen LogP contribution in [0.5, 0.6) is 0 Å². The molecule has 1 unspecified atom stereocenters. The second kappa shape index (κ2) is 7.88. The first-order chi connectivity index (χ1) is 6.49. The molecule has 0 spiro atoms. The number of thioether (sulfide) groups is 1. The van der Waals surface area contributed by atoms with Crippen molar-refractivity contribution in [2.24, 2.45) is 5.92 Å². The highest BCUT2D eigenvalue weighted by atomic mass is 32.2. The maximum Gasteiger partial charge on any atom is 0.148 e. The number of thiol groups is 1. The molecule has 0 saturated carbocycles. The van der Waals surface area contributed by atoms with Crippen molar-refractivity contribution in [3.63, 3.8) is 0 Å². The van der Waals surface area contributed by atoms with Crippen LogP contribution >= 0.6 is 24.4 Å². The van der Waals surface area contributed by atoms with Crippen LogP contribution in [0.15, 0.2) is 0 Å². The molecule has 0 aliphatic heterocycles. The van der Waals surface area contributed by atoms with Crippen LogP contribution < -0.4 is 0 Å². The molecule has 86 valence electrons. The summed E-state index contributed by atoms with van der Waals surface area (Å²) in [7, 11) is -2.78. The minimum atomic E-state index is -2.78. The summed E-state index contributed by atoms with van der Waals surface area (Å²) in [4.78, 5) is 0. The lowest BCUT2D eigenvalue weighted by Gasteiger charge is -2.11. The summed E-state index contributed by atoms with van der Waals surface area (Å²) in [5.41, 5.74) is 0. The summed E-state index contributed by atoms with van der Waals surface area (Å²) >= 11 is 6.00. The maximum absolute atomic E-state index is 10.8. The van der Waals surface area contributed by atoms with Gasteiger partial charge in [0.15, 0.2) is 0 Å². The van der Waals surface area contributed by atoms with E-state index in [1.165, 1.54) is 19.1 Å². The third-order valence-corrected chi connectivity index (χ3v) is 4.83. The van der Waals surface area contributed by atoms with Gasteiger partial charge in [0, 0.05) is 12.0 Å². The molecular formula is C9H20O2S3. The van der Waals surface area contributed by atoms with Crippen LogP contribution in [0, 0.1) is 5.92 Å². The van der Waals surface area contributed by atoms with E-state index in [9.17, 15) is 8.42 Å². The van der Waals surface area contributed by atoms with E-state index < -0.39 is 9.84 Å². The Morgan fingerprint density at radius 2 is 2.07 bits per heavy atom. The highest BCUT2D eigenvalue weighted by Crippen LogP contribution is 2.15. The van der Waals surface area contributed by atoms with E-state index in [2.05, 4.69) is 19.6 Å². The van der Waals surface area contributed by atoms with Gasteiger partial charge in [-0.3, -0.25) is 0 Å². The van der Waals surface area contributed by atoms with Gasteiger partial charge in [-0.2, -0.15) is 24.4 Å². The predicted molar refractivity (Wildman–Crippen MR) is 69.3 cm³/mol. The van der Waals surface area contributed by atoms with Crippen molar-refractivity contribution in [2.45, 2.75) is 19.8 Å². The lowest BCUT2D eigenvalue weighted by Crippen LogP contribution is -2.09. The SMILES string of the molecule is CCCC(CS)CSCCS(C)(=O)=O. The zero-order valence-electron chi connectivity index (χ0n) is 8.90. The van der Waals surface area contributed by atoms with Gasteiger partial charge < -0.3 is 0 Å². The van der Waals surface area contributed by atoms with E-state index in [1.807, 2.05) is 0 Å². The first-order valence-corrected chi connectivity index (χ1v) is 8.70. The standard InChI is InChI=1S/C9H20O2S3/c1-3-4-9(7-12)8-13-5-6-14(2,10)11/h9,12H,3-8H2,1-2H3. The Labute approximate surface area is 97.6 Å². The first-order valence-electron chi connectivity index (χ1n) is 4.86. The van der Waals surface area contributed by atoms with Crippen LogP contribution in [-0.4, -0.2) is 37.7 Å². The van der Waals surface area contributed by atoms with Crippen molar-refractivity contribution in [3.05, 3.63) is 0 Å². The molecule has 0 bridgehead atoms. The van der Waals surface area contributed by atoms with Gasteiger partial charge in [-0.25, -0.2) is 8.42 Å². The third kappa shape index (κ3) is 9.21. The Kier molecular flexibility index (Phi) is 8.25. The first kappa shape index (κ1) is 14.6. The van der Waals surface area contributed by atoms with E-state index in [0.29, 0.717) is 17.4 Å². The topological polar surface area (TPSA) is 34.1 Å². The van der Waals surface area contributed by atoms with Gasteiger partial charge in [0.05, 0.1) is 5.75 Å². The predicted octanol–water partition coefficient (Wildman–Crippen LogP) is 2.11. The molecule has 0 fully saturated rings. The second-order valence-electron chi connectivity index (χ2n) is 3.54. The van der Waals surface area contributed by atoms with Crippen molar-refractivity contribution in [3.8, 4) is 0 Å². The summed E-state index contributed by atoms with van der Waals surface area (Å²) in [6.07, 6.45) is 3.66. The van der Waals surface area contributed by atoms with E-state index in [1.54, 1.807) is 11.8 Å². The Bertz CT molecular complexity index is 224. The molecule has 0 aliphatic rings. The van der Waals surface area contributed by atoms with Crippen LogP contribution in [-0.2, 0) is 9.84 Å². The zero-order chi connectivity index (χ0) is 11.0.